The summed E-state index contributed by atoms with van der Waals surface area (Å²) in [6.45, 7) is 6.97. The number of hydrogen-bond acceptors (Lipinski definition) is 2. The first kappa shape index (κ1) is 10.4. The number of ether oxygens (including phenoxy) is 1. The van der Waals surface area contributed by atoms with E-state index in [2.05, 4.69) is 17.9 Å². The Balaban J connectivity index is 4.42. The number of hydrogen-bond donors (Lipinski definition) is 0. The molecule has 0 amide bonds. The van der Waals surface area contributed by atoms with Gasteiger partial charge in [-0.3, -0.25) is 0 Å². The van der Waals surface area contributed by atoms with Crippen molar-refractivity contribution in [2.45, 2.75) is 0 Å². The summed E-state index contributed by atoms with van der Waals surface area (Å²) < 4.78 is 4.50. The van der Waals surface area contributed by atoms with Gasteiger partial charge in [0, 0.05) is 0 Å². The van der Waals surface area contributed by atoms with Gasteiger partial charge in [-0.15, -0.1) is 0 Å². The van der Waals surface area contributed by atoms with Crippen molar-refractivity contribution in [3.63, 3.8) is 0 Å². The first-order chi connectivity index (χ1) is 5.76. The molecule has 0 aromatic carbocycles. The van der Waals surface area contributed by atoms with Crippen molar-refractivity contribution in [2.24, 2.45) is 0 Å². The lowest BCUT2D eigenvalue weighted by molar-refractivity contribution is -0.135. The Hall–Kier alpha value is -1.57. The van der Waals surface area contributed by atoms with Crippen molar-refractivity contribution in [1.29, 1.82) is 0 Å². The van der Waals surface area contributed by atoms with Gasteiger partial charge in [-0.1, -0.05) is 37.5 Å². The van der Waals surface area contributed by atoms with Crippen LogP contribution in [0.1, 0.15) is 0 Å². The molecule has 2 heteroatoms. The van der Waals surface area contributed by atoms with Crippen molar-refractivity contribution in [3.05, 3.63) is 49.1 Å². The van der Waals surface area contributed by atoms with Crippen LogP contribution in [0.15, 0.2) is 49.1 Å². The zero-order valence-corrected chi connectivity index (χ0v) is 7.12. The van der Waals surface area contributed by atoms with E-state index in [-0.39, 0.29) is 0 Å². The van der Waals surface area contributed by atoms with E-state index in [9.17, 15) is 4.79 Å². The number of carbonyl (C=O) groups excluding carboxylic acids is 1. The Kier molecular flexibility index (Phi) is 5.35. The molecule has 0 aliphatic heterocycles. The van der Waals surface area contributed by atoms with Crippen LogP contribution in [-0.2, 0) is 9.53 Å². The Morgan fingerprint density at radius 1 is 1.33 bits per heavy atom. The second kappa shape index (κ2) is 6.16. The highest BCUT2D eigenvalue weighted by Crippen LogP contribution is 1.98. The molecule has 64 valence electrons. The molecule has 0 saturated heterocycles. The molecule has 0 saturated carbocycles. The lowest BCUT2D eigenvalue weighted by Crippen LogP contribution is -2.01. The van der Waals surface area contributed by atoms with Crippen LogP contribution < -0.4 is 0 Å². The zero-order valence-electron chi connectivity index (χ0n) is 7.12. The molecule has 0 rings (SSSR count). The highest BCUT2D eigenvalue weighted by Gasteiger charge is 2.01. The Morgan fingerprint density at radius 3 is 2.42 bits per heavy atom. The van der Waals surface area contributed by atoms with Gasteiger partial charge in [-0.25, -0.2) is 4.79 Å². The molecule has 0 atom stereocenters. The van der Waals surface area contributed by atoms with Gasteiger partial charge >= 0.3 is 5.97 Å². The zero-order chi connectivity index (χ0) is 9.40. The number of carbonyl (C=O) groups is 1. The number of allylic oxidation sites excluding steroid dienone is 4. The van der Waals surface area contributed by atoms with E-state index in [4.69, 9.17) is 0 Å². The van der Waals surface area contributed by atoms with Gasteiger partial charge in [0.15, 0.2) is 0 Å². The normalized spacial score (nSPS) is 11.2. The van der Waals surface area contributed by atoms with Crippen LogP contribution in [0.25, 0.3) is 0 Å². The first-order valence-electron chi connectivity index (χ1n) is 3.46. The average Bonchev–Trinajstić information content (AvgIpc) is 2.11. The molecule has 0 N–H and O–H groups in total. The summed E-state index contributed by atoms with van der Waals surface area (Å²) in [5, 5.41) is 0. The molecule has 2 nitrogen and oxygen atoms in total. The van der Waals surface area contributed by atoms with Crippen molar-refractivity contribution >= 4 is 5.97 Å². The molecule has 0 spiro atoms. The monoisotopic (exact) mass is 164 g/mol. The van der Waals surface area contributed by atoms with E-state index in [1.807, 2.05) is 0 Å². The standard InChI is InChI=1S/C10H12O2/c1-4-6-7-8-9(5-2)10(11)12-3/h4-8H,1-2H2,3H3. The summed E-state index contributed by atoms with van der Waals surface area (Å²) in [7, 11) is 1.33. The summed E-state index contributed by atoms with van der Waals surface area (Å²) in [6.07, 6.45) is 8.08. The van der Waals surface area contributed by atoms with Crippen LogP contribution in [0.3, 0.4) is 0 Å². The van der Waals surface area contributed by atoms with E-state index >= 15 is 0 Å². The van der Waals surface area contributed by atoms with Crippen LogP contribution in [0.2, 0.25) is 0 Å². The first-order valence-corrected chi connectivity index (χ1v) is 3.46. The van der Waals surface area contributed by atoms with Gasteiger partial charge in [-0.05, 0) is 6.08 Å². The average molecular weight is 164 g/mol. The van der Waals surface area contributed by atoms with Crippen LogP contribution in [-0.4, -0.2) is 13.1 Å². The van der Waals surface area contributed by atoms with Crippen LogP contribution in [0.5, 0.6) is 0 Å². The van der Waals surface area contributed by atoms with Crippen molar-refractivity contribution in [1.82, 2.24) is 0 Å². The molecule has 0 aliphatic carbocycles. The largest absolute Gasteiger partial charge is 0.465 e. The predicted octanol–water partition coefficient (Wildman–Crippen LogP) is 2.01. The number of rotatable bonds is 4. The van der Waals surface area contributed by atoms with E-state index < -0.39 is 5.97 Å². The van der Waals surface area contributed by atoms with Gasteiger partial charge < -0.3 is 4.74 Å². The Labute approximate surface area is 72.5 Å². The van der Waals surface area contributed by atoms with Gasteiger partial charge in [0.2, 0.25) is 0 Å². The molecule has 0 aromatic heterocycles. The lowest BCUT2D eigenvalue weighted by Gasteiger charge is -1.95. The fourth-order valence-electron chi connectivity index (χ4n) is 0.575. The minimum absolute atomic E-state index is 0.390. The third-order valence-electron chi connectivity index (χ3n) is 1.16. The maximum Gasteiger partial charge on any atom is 0.337 e. The van der Waals surface area contributed by atoms with Crippen molar-refractivity contribution in [2.75, 3.05) is 7.11 Å². The molecule has 12 heavy (non-hydrogen) atoms. The maximum absolute atomic E-state index is 10.9. The summed E-state index contributed by atoms with van der Waals surface area (Å²) in [5.41, 5.74) is 0.426. The second-order valence-corrected chi connectivity index (χ2v) is 1.94. The summed E-state index contributed by atoms with van der Waals surface area (Å²) in [6, 6.07) is 0. The third kappa shape index (κ3) is 3.56. The van der Waals surface area contributed by atoms with E-state index in [0.29, 0.717) is 5.57 Å². The van der Waals surface area contributed by atoms with E-state index in [1.54, 1.807) is 24.3 Å². The molecule has 0 aromatic rings. The Bertz CT molecular complexity index is 234. The maximum atomic E-state index is 10.9. The molecule has 0 aliphatic rings. The smallest absolute Gasteiger partial charge is 0.337 e. The molecule has 0 bridgehead atoms. The number of esters is 1. The highest BCUT2D eigenvalue weighted by molar-refractivity contribution is 5.91. The molecule has 0 fully saturated rings. The van der Waals surface area contributed by atoms with Gasteiger partial charge in [-0.2, -0.15) is 0 Å². The Morgan fingerprint density at radius 2 is 2.00 bits per heavy atom. The topological polar surface area (TPSA) is 26.3 Å². The summed E-state index contributed by atoms with van der Waals surface area (Å²) in [5.74, 6) is -0.390. The highest BCUT2D eigenvalue weighted by atomic mass is 16.5. The molecular weight excluding hydrogens is 152 g/mol. The molecule has 0 unspecified atom stereocenters. The third-order valence-corrected chi connectivity index (χ3v) is 1.16. The second-order valence-electron chi connectivity index (χ2n) is 1.94. The van der Waals surface area contributed by atoms with E-state index in [1.165, 1.54) is 13.2 Å². The SMILES string of the molecule is C=CC=CC=C(C=C)C(=O)OC. The fourth-order valence-corrected chi connectivity index (χ4v) is 0.575. The van der Waals surface area contributed by atoms with Crippen molar-refractivity contribution in [3.8, 4) is 0 Å². The fraction of sp³-hybridized carbons (Fsp3) is 0.100. The molecule has 0 heterocycles. The summed E-state index contributed by atoms with van der Waals surface area (Å²) in [4.78, 5) is 10.9. The minimum atomic E-state index is -0.390. The van der Waals surface area contributed by atoms with E-state index in [0.717, 1.165) is 0 Å². The van der Waals surface area contributed by atoms with Gasteiger partial charge in [0.25, 0.3) is 0 Å². The minimum Gasteiger partial charge on any atom is -0.465 e. The molecular formula is C10H12O2. The quantitative estimate of drug-likeness (QED) is 0.361. The van der Waals surface area contributed by atoms with Crippen molar-refractivity contribution < 1.29 is 9.53 Å². The molecule has 0 radical (unpaired) electrons. The van der Waals surface area contributed by atoms with Crippen LogP contribution in [0.4, 0.5) is 0 Å². The summed E-state index contributed by atoms with van der Waals surface area (Å²) >= 11 is 0. The van der Waals surface area contributed by atoms with Crippen LogP contribution >= 0.6 is 0 Å². The van der Waals surface area contributed by atoms with Gasteiger partial charge in [0.05, 0.1) is 12.7 Å². The van der Waals surface area contributed by atoms with Gasteiger partial charge in [0.1, 0.15) is 0 Å². The number of methoxy groups -OCH3 is 1. The predicted molar refractivity (Wildman–Crippen MR) is 49.6 cm³/mol. The lowest BCUT2D eigenvalue weighted by atomic mass is 10.2. The van der Waals surface area contributed by atoms with Crippen LogP contribution in [0, 0.1) is 0 Å².